The average Bonchev–Trinajstić information content (AvgIpc) is 2.74. The minimum Gasteiger partial charge on any atom is -0.480 e. The van der Waals surface area contributed by atoms with Crippen molar-refractivity contribution in [1.29, 1.82) is 0 Å². The molecule has 2 aromatic rings. The Morgan fingerprint density at radius 2 is 1.44 bits per heavy atom. The Bertz CT molecular complexity index is 932. The molecular formula is C22H23BrN2O7. The zero-order chi connectivity index (χ0) is 24.1. The van der Waals surface area contributed by atoms with E-state index in [9.17, 15) is 24.0 Å². The number of aliphatic carboxylic acids is 1. The van der Waals surface area contributed by atoms with Crippen molar-refractivity contribution in [3.05, 3.63) is 71.8 Å². The number of carboxylic acid groups (broad SMARTS) is 1. The lowest BCUT2D eigenvalue weighted by Gasteiger charge is -2.19. The van der Waals surface area contributed by atoms with Crippen molar-refractivity contribution < 1.29 is 33.8 Å². The third-order valence-electron chi connectivity index (χ3n) is 3.82. The molecule has 2 atom stereocenters. The first-order valence-electron chi connectivity index (χ1n) is 9.41. The average molecular weight is 507 g/mol. The number of hydrogen-bond donors (Lipinski definition) is 3. The van der Waals surface area contributed by atoms with Crippen LogP contribution in [0.4, 0.5) is 4.79 Å². The van der Waals surface area contributed by atoms with E-state index in [0.717, 1.165) is 5.56 Å². The van der Waals surface area contributed by atoms with Gasteiger partial charge in [0.25, 0.3) is 0 Å². The van der Waals surface area contributed by atoms with Crippen LogP contribution in [0.1, 0.15) is 29.8 Å². The van der Waals surface area contributed by atoms with E-state index in [4.69, 9.17) is 9.84 Å². The molecule has 170 valence electrons. The summed E-state index contributed by atoms with van der Waals surface area (Å²) in [5.74, 6) is -2.78. The molecule has 10 heteroatoms. The van der Waals surface area contributed by atoms with Gasteiger partial charge in [0.2, 0.25) is 5.91 Å². The summed E-state index contributed by atoms with van der Waals surface area (Å²) in [5, 5.41) is 13.6. The number of carboxylic acids is 1. The molecule has 32 heavy (non-hydrogen) atoms. The van der Waals surface area contributed by atoms with Crippen molar-refractivity contribution in [2.75, 3.05) is 0 Å². The number of esters is 1. The van der Waals surface area contributed by atoms with Crippen molar-refractivity contribution in [2.45, 2.75) is 32.4 Å². The molecule has 0 aliphatic heterocycles. The number of amides is 2. The number of nitrogens with one attached hydrogen (secondary N) is 2. The Kier molecular flexibility index (Phi) is 11.4. The Labute approximate surface area is 193 Å². The van der Waals surface area contributed by atoms with Crippen molar-refractivity contribution in [3.63, 3.8) is 0 Å². The fourth-order valence-corrected chi connectivity index (χ4v) is 2.32. The molecule has 9 nitrogen and oxygen atoms in total. The van der Waals surface area contributed by atoms with Crippen LogP contribution >= 0.6 is 15.9 Å². The van der Waals surface area contributed by atoms with Crippen LogP contribution in [0.25, 0.3) is 0 Å². The number of halogens is 1. The maximum absolute atomic E-state index is 12.4. The Morgan fingerprint density at radius 1 is 0.938 bits per heavy atom. The summed E-state index contributed by atoms with van der Waals surface area (Å²) in [6, 6.07) is 14.5. The number of hydrogen-bond acceptors (Lipinski definition) is 6. The lowest BCUT2D eigenvalue weighted by Crippen LogP contribution is -2.52. The van der Waals surface area contributed by atoms with E-state index >= 15 is 0 Å². The van der Waals surface area contributed by atoms with Crippen LogP contribution in [0.3, 0.4) is 0 Å². The molecule has 0 unspecified atom stereocenters. The molecule has 0 saturated carbocycles. The highest BCUT2D eigenvalue weighted by atomic mass is 79.9. The lowest BCUT2D eigenvalue weighted by molar-refractivity contribution is -0.141. The molecule has 0 bridgehead atoms. The van der Waals surface area contributed by atoms with Gasteiger partial charge in [0, 0.05) is 13.3 Å². The second-order valence-corrected chi connectivity index (χ2v) is 7.59. The topological polar surface area (TPSA) is 139 Å². The zero-order valence-electron chi connectivity index (χ0n) is 17.4. The van der Waals surface area contributed by atoms with Crippen LogP contribution in [-0.2, 0) is 25.5 Å². The number of rotatable bonds is 7. The number of carbonyl (C=O) groups is 5. The van der Waals surface area contributed by atoms with Gasteiger partial charge in [-0.1, -0.05) is 48.5 Å². The second kappa shape index (κ2) is 13.7. The fourth-order valence-electron chi connectivity index (χ4n) is 2.32. The minimum absolute atomic E-state index is 0.0208. The van der Waals surface area contributed by atoms with E-state index in [-0.39, 0.29) is 16.7 Å². The molecule has 2 rings (SSSR count). The largest absolute Gasteiger partial charge is 0.480 e. The summed E-state index contributed by atoms with van der Waals surface area (Å²) in [4.78, 5) is 56.8. The third-order valence-corrected chi connectivity index (χ3v) is 3.82. The molecule has 0 heterocycles. The van der Waals surface area contributed by atoms with Gasteiger partial charge in [0.1, 0.15) is 12.1 Å². The summed E-state index contributed by atoms with van der Waals surface area (Å²) in [7, 11) is 0. The van der Waals surface area contributed by atoms with Gasteiger partial charge in [-0.2, -0.15) is 0 Å². The van der Waals surface area contributed by atoms with E-state index in [0.29, 0.717) is 0 Å². The second-order valence-electron chi connectivity index (χ2n) is 6.47. The van der Waals surface area contributed by atoms with E-state index in [1.54, 1.807) is 48.5 Å². The van der Waals surface area contributed by atoms with Gasteiger partial charge in [-0.15, -0.1) is 0 Å². The van der Waals surface area contributed by atoms with E-state index < -0.39 is 36.0 Å². The summed E-state index contributed by atoms with van der Waals surface area (Å²) in [6.07, 6.45) is -1.01. The summed E-state index contributed by atoms with van der Waals surface area (Å²) in [6.45, 7) is 2.75. The van der Waals surface area contributed by atoms with Crippen LogP contribution in [0.5, 0.6) is 0 Å². The van der Waals surface area contributed by atoms with Gasteiger partial charge in [-0.05, 0) is 40.5 Å². The van der Waals surface area contributed by atoms with Crippen molar-refractivity contribution in [1.82, 2.24) is 10.6 Å². The summed E-state index contributed by atoms with van der Waals surface area (Å²) in [5.41, 5.74) is 0.918. The molecule has 0 aliphatic carbocycles. The molecule has 0 spiro atoms. The minimum atomic E-state index is -1.21. The first kappa shape index (κ1) is 26.5. The molecule has 0 saturated heterocycles. The van der Waals surface area contributed by atoms with Crippen LogP contribution in [0.15, 0.2) is 60.7 Å². The van der Waals surface area contributed by atoms with Crippen molar-refractivity contribution in [2.24, 2.45) is 0 Å². The number of benzene rings is 2. The highest BCUT2D eigenvalue weighted by Gasteiger charge is 2.26. The maximum Gasteiger partial charge on any atom is 0.415 e. The van der Waals surface area contributed by atoms with Gasteiger partial charge in [-0.3, -0.25) is 14.4 Å². The molecule has 0 aromatic heterocycles. The van der Waals surface area contributed by atoms with Gasteiger partial charge in [-0.25, -0.2) is 9.59 Å². The molecule has 3 N–H and O–H groups in total. The predicted octanol–water partition coefficient (Wildman–Crippen LogP) is 2.68. The van der Waals surface area contributed by atoms with Crippen LogP contribution in [0, 0.1) is 0 Å². The molecule has 2 aromatic carbocycles. The Balaban J connectivity index is 0.00000118. The van der Waals surface area contributed by atoms with Gasteiger partial charge >= 0.3 is 18.0 Å². The molecular weight excluding hydrogens is 484 g/mol. The highest BCUT2D eigenvalue weighted by molar-refractivity contribution is 9.18. The van der Waals surface area contributed by atoms with Crippen LogP contribution in [0.2, 0.25) is 0 Å². The smallest absolute Gasteiger partial charge is 0.415 e. The highest BCUT2D eigenvalue weighted by Crippen LogP contribution is 2.06. The molecule has 0 aliphatic rings. The first-order chi connectivity index (χ1) is 15.1. The lowest BCUT2D eigenvalue weighted by atomic mass is 10.1. The monoisotopic (exact) mass is 506 g/mol. The first-order valence-corrected chi connectivity index (χ1v) is 10.2. The van der Waals surface area contributed by atoms with Crippen molar-refractivity contribution in [3.8, 4) is 0 Å². The van der Waals surface area contributed by atoms with E-state index in [1.807, 2.05) is 0 Å². The normalized spacial score (nSPS) is 11.6. The van der Waals surface area contributed by atoms with Crippen LogP contribution < -0.4 is 10.6 Å². The van der Waals surface area contributed by atoms with E-state index in [1.165, 1.54) is 26.0 Å². The molecule has 2 amide bonds. The van der Waals surface area contributed by atoms with E-state index in [2.05, 4.69) is 26.6 Å². The predicted molar refractivity (Wildman–Crippen MR) is 119 cm³/mol. The molecule has 0 radical (unpaired) electrons. The van der Waals surface area contributed by atoms with Gasteiger partial charge in [0.15, 0.2) is 4.69 Å². The summed E-state index contributed by atoms with van der Waals surface area (Å²) >= 11 is 2.63. The quantitative estimate of drug-likeness (QED) is 0.298. The number of carbonyl (C=O) groups excluding carboxylic acids is 4. The van der Waals surface area contributed by atoms with Gasteiger partial charge < -0.3 is 20.5 Å². The number of ether oxygens (including phenoxy) is 1. The van der Waals surface area contributed by atoms with Gasteiger partial charge in [0.05, 0.1) is 5.56 Å². The summed E-state index contributed by atoms with van der Waals surface area (Å²) < 4.78 is 4.70. The zero-order valence-corrected chi connectivity index (χ0v) is 19.0. The third kappa shape index (κ3) is 10.5. The fraction of sp³-hybridized carbons (Fsp3) is 0.227. The standard InChI is InChI=1S/C20H20N2O6.C2H3BrO/c1-13(18(24)25)21-17(23)16(12-14-8-4-2-5-9-14)22-20(27)28-19(26)15-10-6-3-7-11-15;1-2(3)4/h2-11,13,16H,12H2,1H3,(H,21,23)(H,22,27)(H,24,25);1H3/t13-,16-;/m0./s1. The number of alkyl carbamates (subject to hydrolysis) is 1. The van der Waals surface area contributed by atoms with Crippen LogP contribution in [-0.4, -0.2) is 45.8 Å². The Hall–Kier alpha value is -3.53. The Morgan fingerprint density at radius 3 is 1.94 bits per heavy atom. The SMILES string of the molecule is CC(=O)Br.C[C@H](NC(=O)[C@H](Cc1ccccc1)NC(=O)OC(=O)c1ccccc1)C(=O)O. The van der Waals surface area contributed by atoms with Crippen molar-refractivity contribution >= 4 is 44.6 Å². The molecule has 0 fully saturated rings. The maximum atomic E-state index is 12.4.